The van der Waals surface area contributed by atoms with Gasteiger partial charge in [0, 0.05) is 18.1 Å². The van der Waals surface area contributed by atoms with Crippen molar-refractivity contribution in [2.24, 2.45) is 0 Å². The first-order valence-electron chi connectivity index (χ1n) is 7.12. The summed E-state index contributed by atoms with van der Waals surface area (Å²) in [4.78, 5) is 12.2. The molecule has 23 heavy (non-hydrogen) atoms. The predicted octanol–water partition coefficient (Wildman–Crippen LogP) is 2.35. The second-order valence-electron chi connectivity index (χ2n) is 5.16. The lowest BCUT2D eigenvalue weighted by Crippen LogP contribution is -2.38. The number of ether oxygens (including phenoxy) is 3. The van der Waals surface area contributed by atoms with Gasteiger partial charge in [0.1, 0.15) is 23.0 Å². The van der Waals surface area contributed by atoms with Crippen LogP contribution in [0.4, 0.5) is 5.69 Å². The van der Waals surface area contributed by atoms with E-state index in [1.54, 1.807) is 32.4 Å². The normalized spacial score (nSPS) is 16.1. The lowest BCUT2D eigenvalue weighted by atomic mass is 10.0. The molecule has 2 aromatic rings. The number of amides is 1. The molecule has 1 heterocycles. The first kappa shape index (κ1) is 15.0. The van der Waals surface area contributed by atoms with Crippen molar-refractivity contribution in [3.8, 4) is 23.0 Å². The summed E-state index contributed by atoms with van der Waals surface area (Å²) in [6.07, 6.45) is -0.397. The topological polar surface area (TPSA) is 77.0 Å². The minimum atomic E-state index is -0.717. The molecular formula is C17H17NO5. The summed E-state index contributed by atoms with van der Waals surface area (Å²) in [6.45, 7) is 0. The maximum Gasteiger partial charge on any atom is 0.265 e. The van der Waals surface area contributed by atoms with Crippen molar-refractivity contribution in [3.63, 3.8) is 0 Å². The molecule has 0 bridgehead atoms. The molecule has 120 valence electrons. The van der Waals surface area contributed by atoms with Gasteiger partial charge in [0.15, 0.2) is 6.10 Å². The van der Waals surface area contributed by atoms with Gasteiger partial charge in [-0.2, -0.15) is 0 Å². The van der Waals surface area contributed by atoms with Crippen LogP contribution < -0.4 is 19.5 Å². The molecule has 2 N–H and O–H groups in total. The summed E-state index contributed by atoms with van der Waals surface area (Å²) >= 11 is 0. The minimum absolute atomic E-state index is 0.0811. The number of fused-ring (bicyclic) bond motifs is 1. The van der Waals surface area contributed by atoms with Gasteiger partial charge >= 0.3 is 0 Å². The molecule has 1 amide bonds. The van der Waals surface area contributed by atoms with Crippen LogP contribution in [-0.4, -0.2) is 31.3 Å². The van der Waals surface area contributed by atoms with Crippen molar-refractivity contribution in [1.82, 2.24) is 0 Å². The van der Waals surface area contributed by atoms with E-state index in [4.69, 9.17) is 14.2 Å². The molecule has 0 aromatic heterocycles. The van der Waals surface area contributed by atoms with Gasteiger partial charge in [0.25, 0.3) is 5.91 Å². The Morgan fingerprint density at radius 1 is 1.17 bits per heavy atom. The van der Waals surface area contributed by atoms with E-state index in [1.165, 1.54) is 12.1 Å². The molecule has 6 heteroatoms. The number of carbonyl (C=O) groups is 1. The highest BCUT2D eigenvalue weighted by Crippen LogP contribution is 2.34. The second-order valence-corrected chi connectivity index (χ2v) is 5.16. The molecule has 0 fully saturated rings. The van der Waals surface area contributed by atoms with Gasteiger partial charge in [-0.15, -0.1) is 0 Å². The lowest BCUT2D eigenvalue weighted by Gasteiger charge is -2.26. The number of rotatable bonds is 4. The van der Waals surface area contributed by atoms with E-state index in [-0.39, 0.29) is 11.7 Å². The Kier molecular flexibility index (Phi) is 3.97. The fourth-order valence-electron chi connectivity index (χ4n) is 2.51. The number of phenolic OH excluding ortho intramolecular Hbond substituents is 1. The van der Waals surface area contributed by atoms with E-state index in [1.807, 2.05) is 6.07 Å². The van der Waals surface area contributed by atoms with E-state index in [0.717, 1.165) is 5.56 Å². The molecule has 0 saturated heterocycles. The van der Waals surface area contributed by atoms with E-state index in [2.05, 4.69) is 5.32 Å². The van der Waals surface area contributed by atoms with Crippen molar-refractivity contribution in [2.45, 2.75) is 12.5 Å². The molecular weight excluding hydrogens is 298 g/mol. The third-order valence-corrected chi connectivity index (χ3v) is 3.68. The SMILES string of the molecule is COc1ccc(OC)c(CC2Oc3cc(O)ccc3NC2=O)c1. The van der Waals surface area contributed by atoms with E-state index >= 15 is 0 Å². The van der Waals surface area contributed by atoms with Crippen molar-refractivity contribution >= 4 is 11.6 Å². The maximum atomic E-state index is 12.2. The molecule has 1 aliphatic rings. The fourth-order valence-corrected chi connectivity index (χ4v) is 2.51. The maximum absolute atomic E-state index is 12.2. The van der Waals surface area contributed by atoms with E-state index in [0.29, 0.717) is 29.4 Å². The van der Waals surface area contributed by atoms with Crippen molar-refractivity contribution in [3.05, 3.63) is 42.0 Å². The average molecular weight is 315 g/mol. The van der Waals surface area contributed by atoms with Crippen molar-refractivity contribution in [2.75, 3.05) is 19.5 Å². The number of hydrogen-bond donors (Lipinski definition) is 2. The molecule has 1 aliphatic heterocycles. The molecule has 0 radical (unpaired) electrons. The van der Waals surface area contributed by atoms with Gasteiger partial charge in [-0.05, 0) is 30.3 Å². The summed E-state index contributed by atoms with van der Waals surface area (Å²) in [6, 6.07) is 9.96. The minimum Gasteiger partial charge on any atom is -0.508 e. The molecule has 0 spiro atoms. The van der Waals surface area contributed by atoms with Crippen molar-refractivity contribution in [1.29, 1.82) is 0 Å². The number of methoxy groups -OCH3 is 2. The summed E-state index contributed by atoms with van der Waals surface area (Å²) in [5.41, 5.74) is 1.34. The predicted molar refractivity (Wildman–Crippen MR) is 84.4 cm³/mol. The van der Waals surface area contributed by atoms with E-state index < -0.39 is 6.10 Å². The molecule has 1 unspecified atom stereocenters. The van der Waals surface area contributed by atoms with Crippen LogP contribution in [0.2, 0.25) is 0 Å². The summed E-state index contributed by atoms with van der Waals surface area (Å²) < 4.78 is 16.3. The van der Waals surface area contributed by atoms with Gasteiger partial charge in [-0.1, -0.05) is 0 Å². The molecule has 1 atom stereocenters. The molecule has 0 saturated carbocycles. The summed E-state index contributed by atoms with van der Waals surface area (Å²) in [5, 5.41) is 12.3. The highest BCUT2D eigenvalue weighted by molar-refractivity contribution is 5.98. The fraction of sp³-hybridized carbons (Fsp3) is 0.235. The first-order valence-corrected chi connectivity index (χ1v) is 7.12. The van der Waals surface area contributed by atoms with Gasteiger partial charge < -0.3 is 24.6 Å². The van der Waals surface area contributed by atoms with Crippen LogP contribution in [-0.2, 0) is 11.2 Å². The first-order chi connectivity index (χ1) is 11.1. The zero-order chi connectivity index (χ0) is 16.4. The zero-order valence-electron chi connectivity index (χ0n) is 12.8. The van der Waals surface area contributed by atoms with Gasteiger partial charge in [-0.3, -0.25) is 4.79 Å². The van der Waals surface area contributed by atoms with Crippen LogP contribution in [0.3, 0.4) is 0 Å². The molecule has 3 rings (SSSR count). The van der Waals surface area contributed by atoms with Crippen LogP contribution in [0.1, 0.15) is 5.56 Å². The van der Waals surface area contributed by atoms with Crippen LogP contribution >= 0.6 is 0 Å². The van der Waals surface area contributed by atoms with Crippen LogP contribution in [0, 0.1) is 0 Å². The summed E-state index contributed by atoms with van der Waals surface area (Å²) in [5.74, 6) is 1.61. The number of phenols is 1. The highest BCUT2D eigenvalue weighted by atomic mass is 16.5. The number of anilines is 1. The standard InChI is InChI=1S/C17H17NO5/c1-21-12-4-6-14(22-2)10(7-12)8-16-17(20)18-13-5-3-11(19)9-15(13)23-16/h3-7,9,16,19H,8H2,1-2H3,(H,18,20). The summed E-state index contributed by atoms with van der Waals surface area (Å²) in [7, 11) is 3.15. The Morgan fingerprint density at radius 3 is 2.74 bits per heavy atom. The highest BCUT2D eigenvalue weighted by Gasteiger charge is 2.29. The number of aromatic hydroxyl groups is 1. The van der Waals surface area contributed by atoms with Gasteiger partial charge in [-0.25, -0.2) is 0 Å². The monoisotopic (exact) mass is 315 g/mol. The number of nitrogens with one attached hydrogen (secondary N) is 1. The number of benzene rings is 2. The van der Waals surface area contributed by atoms with Crippen LogP contribution in [0.25, 0.3) is 0 Å². The Labute approximate surface area is 133 Å². The Balaban J connectivity index is 1.87. The largest absolute Gasteiger partial charge is 0.508 e. The van der Waals surface area contributed by atoms with Crippen molar-refractivity contribution < 1.29 is 24.1 Å². The van der Waals surface area contributed by atoms with Crippen LogP contribution in [0.5, 0.6) is 23.0 Å². The Bertz CT molecular complexity index is 744. The average Bonchev–Trinajstić information content (AvgIpc) is 2.55. The number of hydrogen-bond acceptors (Lipinski definition) is 5. The molecule has 0 aliphatic carbocycles. The van der Waals surface area contributed by atoms with Gasteiger partial charge in [0.05, 0.1) is 19.9 Å². The smallest absolute Gasteiger partial charge is 0.265 e. The van der Waals surface area contributed by atoms with Crippen LogP contribution in [0.15, 0.2) is 36.4 Å². The van der Waals surface area contributed by atoms with Gasteiger partial charge in [0.2, 0.25) is 0 Å². The third-order valence-electron chi connectivity index (χ3n) is 3.68. The third kappa shape index (κ3) is 3.01. The van der Waals surface area contributed by atoms with E-state index in [9.17, 15) is 9.90 Å². The quantitative estimate of drug-likeness (QED) is 0.847. The number of carbonyl (C=O) groups excluding carboxylic acids is 1. The molecule has 6 nitrogen and oxygen atoms in total. The molecule has 2 aromatic carbocycles. The zero-order valence-corrected chi connectivity index (χ0v) is 12.8. The Morgan fingerprint density at radius 2 is 2.00 bits per heavy atom. The Hall–Kier alpha value is -2.89. The lowest BCUT2D eigenvalue weighted by molar-refractivity contribution is -0.123. The second kappa shape index (κ2) is 6.08.